The van der Waals surface area contributed by atoms with Crippen molar-refractivity contribution in [2.24, 2.45) is 0 Å². The maximum absolute atomic E-state index is 11.7. The maximum atomic E-state index is 11.7. The Balaban J connectivity index is 1.60. The number of aldehydes is 1. The Hall–Kier alpha value is -3.70. The van der Waals surface area contributed by atoms with Crippen LogP contribution in [-0.4, -0.2) is 22.4 Å². The molecule has 1 unspecified atom stereocenters. The number of fused-ring (bicyclic) bond motifs is 1. The summed E-state index contributed by atoms with van der Waals surface area (Å²) in [4.78, 5) is 15.9. The number of benzene rings is 2. The second-order valence-corrected chi connectivity index (χ2v) is 7.94. The van der Waals surface area contributed by atoms with Crippen LogP contribution in [-0.2, 0) is 4.79 Å². The van der Waals surface area contributed by atoms with Crippen molar-refractivity contribution in [2.75, 3.05) is 5.32 Å². The molecule has 5 rings (SSSR count). The molecule has 30 heavy (non-hydrogen) atoms. The predicted molar refractivity (Wildman–Crippen MR) is 122 cm³/mol. The van der Waals surface area contributed by atoms with Crippen molar-refractivity contribution in [3.05, 3.63) is 95.6 Å². The highest BCUT2D eigenvalue weighted by Crippen LogP contribution is 2.46. The lowest BCUT2D eigenvalue weighted by atomic mass is 9.90. The van der Waals surface area contributed by atoms with Gasteiger partial charge in [-0.05, 0) is 28.3 Å². The van der Waals surface area contributed by atoms with Gasteiger partial charge in [0.15, 0.2) is 0 Å². The Morgan fingerprint density at radius 3 is 2.33 bits per heavy atom. The highest BCUT2D eigenvalue weighted by Gasteiger charge is 2.31. The van der Waals surface area contributed by atoms with Crippen LogP contribution < -0.4 is 5.32 Å². The molecule has 146 valence electrons. The van der Waals surface area contributed by atoms with Crippen molar-refractivity contribution < 1.29 is 9.90 Å². The second-order valence-electron chi connectivity index (χ2n) is 7.06. The van der Waals surface area contributed by atoms with Crippen molar-refractivity contribution in [3.8, 4) is 22.3 Å². The normalized spacial score (nSPS) is 15.4. The number of nitrogens with one attached hydrogen (secondary N) is 1. The molecule has 2 aromatic heterocycles. The van der Waals surface area contributed by atoms with E-state index >= 15 is 0 Å². The van der Waals surface area contributed by atoms with Gasteiger partial charge in [0.25, 0.3) is 0 Å². The Morgan fingerprint density at radius 2 is 1.63 bits per heavy atom. The molecule has 2 N–H and O–H groups in total. The van der Waals surface area contributed by atoms with Crippen LogP contribution in [0.15, 0.2) is 84.5 Å². The highest BCUT2D eigenvalue weighted by atomic mass is 32.1. The number of anilines is 1. The lowest BCUT2D eigenvalue weighted by Crippen LogP contribution is -2.27. The predicted octanol–water partition coefficient (Wildman–Crippen LogP) is 5.90. The molecule has 0 aliphatic carbocycles. The molecule has 1 atom stereocenters. The van der Waals surface area contributed by atoms with Gasteiger partial charge < -0.3 is 15.2 Å². The molecule has 0 amide bonds. The first-order valence-electron chi connectivity index (χ1n) is 9.59. The van der Waals surface area contributed by atoms with E-state index in [1.54, 1.807) is 6.20 Å². The first kappa shape index (κ1) is 18.3. The van der Waals surface area contributed by atoms with E-state index in [2.05, 4.69) is 22.4 Å². The Labute approximate surface area is 178 Å². The number of pyridine rings is 1. The lowest BCUT2D eigenvalue weighted by molar-refractivity contribution is -0.107. The SMILES string of the molecule is O=CC1Nc2scc(-c3ccc(-c4cccnc4)cc3)c2C(O)=C1c1ccccc1. The monoisotopic (exact) mass is 410 g/mol. The van der Waals surface area contributed by atoms with Crippen LogP contribution in [0, 0.1) is 0 Å². The van der Waals surface area contributed by atoms with Crippen LogP contribution in [0.4, 0.5) is 5.00 Å². The molecule has 0 spiro atoms. The van der Waals surface area contributed by atoms with E-state index < -0.39 is 6.04 Å². The van der Waals surface area contributed by atoms with Crippen LogP contribution in [0.1, 0.15) is 11.1 Å². The van der Waals surface area contributed by atoms with Gasteiger partial charge in [-0.3, -0.25) is 4.98 Å². The minimum atomic E-state index is -0.584. The van der Waals surface area contributed by atoms with E-state index in [-0.39, 0.29) is 5.76 Å². The van der Waals surface area contributed by atoms with Gasteiger partial charge in [0.2, 0.25) is 0 Å². The van der Waals surface area contributed by atoms with Crippen LogP contribution in [0.2, 0.25) is 0 Å². The molecule has 0 fully saturated rings. The summed E-state index contributed by atoms with van der Waals surface area (Å²) < 4.78 is 0. The third kappa shape index (κ3) is 3.09. The average Bonchev–Trinajstić information content (AvgIpc) is 3.24. The number of thiophene rings is 1. The quantitative estimate of drug-likeness (QED) is 0.412. The van der Waals surface area contributed by atoms with Crippen LogP contribution in [0.5, 0.6) is 0 Å². The van der Waals surface area contributed by atoms with Gasteiger partial charge in [0.05, 0.1) is 5.56 Å². The summed E-state index contributed by atoms with van der Waals surface area (Å²) in [5.41, 5.74) is 6.26. The number of aliphatic hydroxyl groups is 1. The number of nitrogens with zero attached hydrogens (tertiary/aromatic N) is 1. The maximum Gasteiger partial charge on any atom is 0.146 e. The number of aromatic nitrogens is 1. The summed E-state index contributed by atoms with van der Waals surface area (Å²) in [6, 6.07) is 21.1. The Bertz CT molecular complexity index is 1230. The summed E-state index contributed by atoms with van der Waals surface area (Å²) in [5.74, 6) is 0.152. The fourth-order valence-electron chi connectivity index (χ4n) is 3.82. The first-order valence-corrected chi connectivity index (χ1v) is 10.5. The zero-order valence-electron chi connectivity index (χ0n) is 15.9. The molecule has 0 radical (unpaired) electrons. The van der Waals surface area contributed by atoms with Crippen LogP contribution in [0.25, 0.3) is 33.6 Å². The standard InChI is InChI=1S/C25H18N2O2S/c28-14-21-22(18-5-2-1-3-6-18)24(29)23-20(15-30-25(23)27-21)17-10-8-16(9-11-17)19-7-4-12-26-13-19/h1-15,21,27,29H. The van der Waals surface area contributed by atoms with Gasteiger partial charge in [-0.15, -0.1) is 11.3 Å². The van der Waals surface area contributed by atoms with Gasteiger partial charge in [-0.1, -0.05) is 60.7 Å². The molecule has 2 aromatic carbocycles. The van der Waals surface area contributed by atoms with Crippen LogP contribution in [0.3, 0.4) is 0 Å². The minimum Gasteiger partial charge on any atom is -0.507 e. The van der Waals surface area contributed by atoms with E-state index in [1.165, 1.54) is 11.3 Å². The first-order chi connectivity index (χ1) is 14.8. The van der Waals surface area contributed by atoms with Crippen molar-refractivity contribution in [1.82, 2.24) is 4.98 Å². The van der Waals surface area contributed by atoms with Crippen LogP contribution >= 0.6 is 11.3 Å². The number of carbonyl (C=O) groups is 1. The van der Waals surface area contributed by atoms with Gasteiger partial charge >= 0.3 is 0 Å². The molecule has 1 aliphatic rings. The molecule has 5 heteroatoms. The zero-order chi connectivity index (χ0) is 20.5. The van der Waals surface area contributed by atoms with E-state index in [9.17, 15) is 9.90 Å². The molecule has 4 aromatic rings. The van der Waals surface area contributed by atoms with Gasteiger partial charge in [0.1, 0.15) is 23.1 Å². The summed E-state index contributed by atoms with van der Waals surface area (Å²) in [6.07, 6.45) is 4.43. The summed E-state index contributed by atoms with van der Waals surface area (Å²) in [6.45, 7) is 0. The molecule has 3 heterocycles. The molecule has 0 saturated carbocycles. The van der Waals surface area contributed by atoms with Gasteiger partial charge in [-0.2, -0.15) is 0 Å². The molecular formula is C25H18N2O2S. The molecule has 0 bridgehead atoms. The number of hydrogen-bond acceptors (Lipinski definition) is 5. The minimum absolute atomic E-state index is 0.152. The lowest BCUT2D eigenvalue weighted by Gasteiger charge is -2.25. The molecule has 1 aliphatic heterocycles. The molecule has 0 saturated heterocycles. The van der Waals surface area contributed by atoms with E-state index in [4.69, 9.17) is 0 Å². The highest BCUT2D eigenvalue weighted by molar-refractivity contribution is 7.15. The topological polar surface area (TPSA) is 62.2 Å². The number of hydrogen-bond donors (Lipinski definition) is 2. The number of carbonyl (C=O) groups excluding carboxylic acids is 1. The Kier molecular flexibility index (Phi) is 4.65. The van der Waals surface area contributed by atoms with E-state index in [0.717, 1.165) is 44.7 Å². The summed E-state index contributed by atoms with van der Waals surface area (Å²) in [5, 5.41) is 17.3. The molecular weight excluding hydrogens is 392 g/mol. The third-order valence-electron chi connectivity index (χ3n) is 5.29. The fourth-order valence-corrected chi connectivity index (χ4v) is 4.83. The van der Waals surface area contributed by atoms with Gasteiger partial charge in [-0.25, -0.2) is 0 Å². The van der Waals surface area contributed by atoms with Crippen molar-refractivity contribution in [2.45, 2.75) is 6.04 Å². The second kappa shape index (κ2) is 7.61. The van der Waals surface area contributed by atoms with Crippen molar-refractivity contribution >= 4 is 34.0 Å². The van der Waals surface area contributed by atoms with E-state index in [0.29, 0.717) is 5.57 Å². The van der Waals surface area contributed by atoms with Gasteiger partial charge in [0, 0.05) is 28.9 Å². The summed E-state index contributed by atoms with van der Waals surface area (Å²) >= 11 is 1.49. The molecule has 4 nitrogen and oxygen atoms in total. The number of aliphatic hydroxyl groups excluding tert-OH is 1. The fraction of sp³-hybridized carbons (Fsp3) is 0.0400. The van der Waals surface area contributed by atoms with Crippen molar-refractivity contribution in [3.63, 3.8) is 0 Å². The summed E-state index contributed by atoms with van der Waals surface area (Å²) in [7, 11) is 0. The Morgan fingerprint density at radius 1 is 0.900 bits per heavy atom. The van der Waals surface area contributed by atoms with E-state index in [1.807, 2.05) is 66.2 Å². The number of rotatable bonds is 4. The van der Waals surface area contributed by atoms with Crippen molar-refractivity contribution in [1.29, 1.82) is 0 Å². The smallest absolute Gasteiger partial charge is 0.146 e. The third-order valence-corrected chi connectivity index (χ3v) is 6.20. The zero-order valence-corrected chi connectivity index (χ0v) is 16.8. The largest absolute Gasteiger partial charge is 0.507 e. The average molecular weight is 410 g/mol.